The van der Waals surface area contributed by atoms with E-state index in [0.717, 1.165) is 25.0 Å². The molecule has 2 heterocycles. The molecule has 0 amide bonds. The smallest absolute Gasteiger partial charge is 0.143 e. The minimum Gasteiger partial charge on any atom is -0.322 e. The fourth-order valence-electron chi connectivity index (χ4n) is 4.10. The summed E-state index contributed by atoms with van der Waals surface area (Å²) in [7, 11) is 0. The molecule has 1 aromatic heterocycles. The van der Waals surface area contributed by atoms with Crippen LogP contribution in [0.2, 0.25) is 0 Å². The normalized spacial score (nSPS) is 26.5. The molecule has 4 rings (SSSR count). The van der Waals surface area contributed by atoms with Crippen molar-refractivity contribution < 1.29 is 4.79 Å². The number of nitrogens with zero attached hydrogens (tertiary/aromatic N) is 2. The molecule has 1 aliphatic carbocycles. The van der Waals surface area contributed by atoms with Gasteiger partial charge in [-0.2, -0.15) is 0 Å². The first kappa shape index (κ1) is 12.8. The highest BCUT2D eigenvalue weighted by atomic mass is 16.1. The fourth-order valence-corrected chi connectivity index (χ4v) is 4.10. The zero-order valence-corrected chi connectivity index (χ0v) is 12.5. The van der Waals surface area contributed by atoms with Crippen molar-refractivity contribution in [2.24, 2.45) is 11.3 Å². The van der Waals surface area contributed by atoms with Gasteiger partial charge in [0.05, 0.1) is 24.3 Å². The molecule has 1 saturated carbocycles. The molecule has 2 aliphatic rings. The van der Waals surface area contributed by atoms with E-state index in [1.54, 1.807) is 0 Å². The monoisotopic (exact) mass is 280 g/mol. The summed E-state index contributed by atoms with van der Waals surface area (Å²) in [5, 5.41) is 0. The second-order valence-corrected chi connectivity index (χ2v) is 6.97. The lowest BCUT2D eigenvalue weighted by Gasteiger charge is -2.37. The lowest BCUT2D eigenvalue weighted by atomic mass is 9.68. The molecule has 3 nitrogen and oxygen atoms in total. The number of ketones is 1. The lowest BCUT2D eigenvalue weighted by molar-refractivity contribution is -0.135. The number of carbonyl (C=O) groups excluding carboxylic acids is 1. The molecule has 2 aromatic rings. The molecular formula is C18H20N2O. The van der Waals surface area contributed by atoms with Crippen LogP contribution in [0.3, 0.4) is 0 Å². The van der Waals surface area contributed by atoms with Crippen LogP contribution in [-0.2, 0) is 4.79 Å². The summed E-state index contributed by atoms with van der Waals surface area (Å²) in [6.07, 6.45) is 6.92. The molecule has 21 heavy (non-hydrogen) atoms. The molecule has 0 saturated heterocycles. The van der Waals surface area contributed by atoms with Crippen molar-refractivity contribution in [2.45, 2.75) is 39.2 Å². The maximum atomic E-state index is 12.9. The molecule has 0 N–H and O–H groups in total. The highest BCUT2D eigenvalue weighted by Gasteiger charge is 2.44. The van der Waals surface area contributed by atoms with Crippen LogP contribution in [0.1, 0.15) is 44.7 Å². The third kappa shape index (κ3) is 1.73. The summed E-state index contributed by atoms with van der Waals surface area (Å²) in [6.45, 7) is 4.19. The molecule has 108 valence electrons. The van der Waals surface area contributed by atoms with Crippen LogP contribution in [0.4, 0.5) is 0 Å². The van der Waals surface area contributed by atoms with Crippen LogP contribution in [-0.4, -0.2) is 15.3 Å². The quantitative estimate of drug-likeness (QED) is 0.795. The summed E-state index contributed by atoms with van der Waals surface area (Å²) < 4.78 is 2.20. The number of fused-ring (bicyclic) bond motifs is 3. The van der Waals surface area contributed by atoms with Gasteiger partial charge in [-0.05, 0) is 18.4 Å². The molecule has 1 fully saturated rings. The minimum absolute atomic E-state index is 0.0744. The van der Waals surface area contributed by atoms with E-state index in [-0.39, 0.29) is 17.4 Å². The van der Waals surface area contributed by atoms with E-state index in [4.69, 9.17) is 0 Å². The van der Waals surface area contributed by atoms with Gasteiger partial charge in [-0.15, -0.1) is 0 Å². The predicted octanol–water partition coefficient (Wildman–Crippen LogP) is 3.85. The number of aromatic nitrogens is 2. The van der Waals surface area contributed by atoms with Crippen LogP contribution in [0.15, 0.2) is 36.8 Å². The molecule has 3 heteroatoms. The summed E-state index contributed by atoms with van der Waals surface area (Å²) in [6, 6.07) is 8.57. The van der Waals surface area contributed by atoms with Gasteiger partial charge in [0.1, 0.15) is 5.78 Å². The Balaban J connectivity index is 1.84. The van der Waals surface area contributed by atoms with Gasteiger partial charge in [-0.1, -0.05) is 44.5 Å². The maximum absolute atomic E-state index is 12.9. The van der Waals surface area contributed by atoms with E-state index >= 15 is 0 Å². The molecule has 1 aromatic carbocycles. The number of rotatable bonds is 1. The van der Waals surface area contributed by atoms with Crippen molar-refractivity contribution in [2.75, 3.05) is 0 Å². The van der Waals surface area contributed by atoms with Gasteiger partial charge in [0.15, 0.2) is 0 Å². The Morgan fingerprint density at radius 2 is 2.10 bits per heavy atom. The van der Waals surface area contributed by atoms with E-state index < -0.39 is 0 Å². The Kier molecular flexibility index (Phi) is 2.62. The molecule has 0 bridgehead atoms. The predicted molar refractivity (Wildman–Crippen MR) is 81.9 cm³/mol. The second kappa shape index (κ2) is 4.30. The molecular weight excluding hydrogens is 260 g/mol. The van der Waals surface area contributed by atoms with Crippen molar-refractivity contribution in [3.8, 4) is 11.3 Å². The molecule has 1 aliphatic heterocycles. The van der Waals surface area contributed by atoms with E-state index in [2.05, 4.69) is 47.7 Å². The van der Waals surface area contributed by atoms with E-state index in [1.165, 1.54) is 11.1 Å². The van der Waals surface area contributed by atoms with Gasteiger partial charge in [-0.25, -0.2) is 4.98 Å². The van der Waals surface area contributed by atoms with E-state index in [9.17, 15) is 4.79 Å². The number of hydrogen-bond acceptors (Lipinski definition) is 2. The highest BCUT2D eigenvalue weighted by molar-refractivity contribution is 5.89. The average Bonchev–Trinajstić information content (AvgIpc) is 3.03. The van der Waals surface area contributed by atoms with Crippen molar-refractivity contribution in [3.63, 3.8) is 0 Å². The Bertz CT molecular complexity index is 714. The SMILES string of the molecule is CC1(C)CCC[C@@H]([C@H]2c3ccccc3-c3cncn32)C1=O. The van der Waals surface area contributed by atoms with Crippen molar-refractivity contribution in [1.29, 1.82) is 0 Å². The number of benzene rings is 1. The standard InChI is InChI=1S/C18H20N2O/c1-18(2)9-5-8-14(17(18)21)16-13-7-4-3-6-12(13)15-10-19-11-20(15)16/h3-4,6-7,10-11,14,16H,5,8-9H2,1-2H3/t14-,16+/m0/s1. The molecule has 0 radical (unpaired) electrons. The first-order chi connectivity index (χ1) is 10.1. The van der Waals surface area contributed by atoms with Crippen molar-refractivity contribution in [1.82, 2.24) is 9.55 Å². The zero-order chi connectivity index (χ0) is 14.6. The van der Waals surface area contributed by atoms with Gasteiger partial charge in [0.2, 0.25) is 0 Å². The van der Waals surface area contributed by atoms with Gasteiger partial charge in [0, 0.05) is 16.9 Å². The third-order valence-electron chi connectivity index (χ3n) is 5.22. The zero-order valence-electron chi connectivity index (χ0n) is 12.5. The van der Waals surface area contributed by atoms with Gasteiger partial charge in [0.25, 0.3) is 0 Å². The summed E-state index contributed by atoms with van der Waals surface area (Å²) in [5.74, 6) is 0.487. The van der Waals surface area contributed by atoms with Gasteiger partial charge in [-0.3, -0.25) is 4.79 Å². The van der Waals surface area contributed by atoms with Gasteiger partial charge < -0.3 is 4.57 Å². The second-order valence-electron chi connectivity index (χ2n) is 6.97. The summed E-state index contributed by atoms with van der Waals surface area (Å²) in [5.41, 5.74) is 3.47. The van der Waals surface area contributed by atoms with Gasteiger partial charge >= 0.3 is 0 Å². The Morgan fingerprint density at radius 1 is 1.29 bits per heavy atom. The average molecular weight is 280 g/mol. The molecule has 0 spiro atoms. The van der Waals surface area contributed by atoms with Crippen molar-refractivity contribution in [3.05, 3.63) is 42.4 Å². The number of imidazole rings is 1. The molecule has 0 unspecified atom stereocenters. The van der Waals surface area contributed by atoms with Crippen molar-refractivity contribution >= 4 is 5.78 Å². The van der Waals surface area contributed by atoms with Crippen LogP contribution < -0.4 is 0 Å². The maximum Gasteiger partial charge on any atom is 0.143 e. The third-order valence-corrected chi connectivity index (χ3v) is 5.22. The lowest BCUT2D eigenvalue weighted by Crippen LogP contribution is -2.39. The first-order valence-electron chi connectivity index (χ1n) is 7.75. The summed E-state index contributed by atoms with van der Waals surface area (Å²) in [4.78, 5) is 17.2. The number of carbonyl (C=O) groups is 1. The van der Waals surface area contributed by atoms with Crippen LogP contribution in [0.25, 0.3) is 11.3 Å². The van der Waals surface area contributed by atoms with Crippen LogP contribution in [0, 0.1) is 11.3 Å². The summed E-state index contributed by atoms with van der Waals surface area (Å²) >= 11 is 0. The van der Waals surface area contributed by atoms with Crippen LogP contribution >= 0.6 is 0 Å². The topological polar surface area (TPSA) is 34.9 Å². The number of Topliss-reactive ketones (excluding diaryl/α,β-unsaturated/α-hetero) is 1. The fraction of sp³-hybridized carbons (Fsp3) is 0.444. The highest BCUT2D eigenvalue weighted by Crippen LogP contribution is 2.48. The van der Waals surface area contributed by atoms with E-state index in [0.29, 0.717) is 5.78 Å². The Morgan fingerprint density at radius 3 is 2.95 bits per heavy atom. The Labute approximate surface area is 125 Å². The largest absolute Gasteiger partial charge is 0.322 e. The van der Waals surface area contributed by atoms with Crippen LogP contribution in [0.5, 0.6) is 0 Å². The van der Waals surface area contributed by atoms with E-state index in [1.807, 2.05) is 12.5 Å². The first-order valence-corrected chi connectivity index (χ1v) is 7.75. The minimum atomic E-state index is -0.193. The number of hydrogen-bond donors (Lipinski definition) is 0. The Hall–Kier alpha value is -1.90. The molecule has 2 atom stereocenters.